The summed E-state index contributed by atoms with van der Waals surface area (Å²) in [6.07, 6.45) is 6.25. The topological polar surface area (TPSA) is 56.8 Å². The van der Waals surface area contributed by atoms with Crippen LogP contribution in [0.4, 0.5) is 10.1 Å². The predicted octanol–water partition coefficient (Wildman–Crippen LogP) is 5.24. The van der Waals surface area contributed by atoms with Gasteiger partial charge in [0.15, 0.2) is 0 Å². The molecule has 2 aromatic carbocycles. The molecule has 8 heteroatoms. The molecule has 3 heterocycles. The maximum Gasteiger partial charge on any atom is 0.227 e. The minimum Gasteiger partial charge on any atom is -0.336 e. The minimum absolute atomic E-state index is 0.0251. The lowest BCUT2D eigenvalue weighted by molar-refractivity contribution is -0.132. The Balaban J connectivity index is 1.51. The van der Waals surface area contributed by atoms with Crippen LogP contribution in [0.1, 0.15) is 42.9 Å². The third kappa shape index (κ3) is 5.74. The first-order chi connectivity index (χ1) is 18.4. The fourth-order valence-corrected chi connectivity index (χ4v) is 6.02. The lowest BCUT2D eigenvalue weighted by Gasteiger charge is -2.34. The first kappa shape index (κ1) is 26.3. The molecule has 0 spiro atoms. The second kappa shape index (κ2) is 11.6. The Morgan fingerprint density at radius 1 is 1.00 bits per heavy atom. The molecule has 2 unspecified atom stereocenters. The summed E-state index contributed by atoms with van der Waals surface area (Å²) in [5.41, 5.74) is 3.09. The molecule has 1 fully saturated rings. The van der Waals surface area contributed by atoms with Crippen molar-refractivity contribution in [3.05, 3.63) is 94.5 Å². The van der Waals surface area contributed by atoms with E-state index in [1.165, 1.54) is 6.07 Å². The molecular weight excluding hydrogens is 503 g/mol. The van der Waals surface area contributed by atoms with Gasteiger partial charge in [-0.1, -0.05) is 35.9 Å². The number of hydrogen-bond acceptors (Lipinski definition) is 4. The van der Waals surface area contributed by atoms with Crippen LogP contribution in [0, 0.1) is 5.82 Å². The molecule has 2 bridgehead atoms. The van der Waals surface area contributed by atoms with Crippen molar-refractivity contribution in [3.8, 4) is 0 Å². The summed E-state index contributed by atoms with van der Waals surface area (Å²) in [5.74, 6) is -0.692. The fraction of sp³-hybridized carbons (Fsp3) is 0.367. The number of carbonyl (C=O) groups is 2. The number of pyridine rings is 1. The van der Waals surface area contributed by atoms with Gasteiger partial charge in [-0.05, 0) is 60.7 Å². The largest absolute Gasteiger partial charge is 0.336 e. The van der Waals surface area contributed by atoms with Gasteiger partial charge < -0.3 is 9.80 Å². The van der Waals surface area contributed by atoms with Gasteiger partial charge in [-0.3, -0.25) is 19.5 Å². The first-order valence-electron chi connectivity index (χ1n) is 13.1. The van der Waals surface area contributed by atoms with Crippen LogP contribution in [0.5, 0.6) is 0 Å². The Labute approximate surface area is 228 Å². The second-order valence-corrected chi connectivity index (χ2v) is 10.6. The molecule has 2 aliphatic heterocycles. The Kier molecular flexibility index (Phi) is 8.05. The summed E-state index contributed by atoms with van der Waals surface area (Å²) >= 11 is 6.28. The molecule has 3 aromatic rings. The molecule has 5 rings (SSSR count). The first-order valence-corrected chi connectivity index (χ1v) is 13.5. The van der Waals surface area contributed by atoms with Gasteiger partial charge in [0, 0.05) is 73.9 Å². The van der Waals surface area contributed by atoms with Crippen molar-refractivity contribution in [1.82, 2.24) is 14.8 Å². The zero-order chi connectivity index (χ0) is 26.6. The highest BCUT2D eigenvalue weighted by atomic mass is 35.5. The van der Waals surface area contributed by atoms with Crippen LogP contribution < -0.4 is 4.90 Å². The molecule has 1 aromatic heterocycles. The van der Waals surface area contributed by atoms with Crippen LogP contribution in [0.3, 0.4) is 0 Å². The highest BCUT2D eigenvalue weighted by Gasteiger charge is 2.36. The number of carbonyl (C=O) groups excluding carboxylic acids is 2. The number of benzene rings is 2. The number of aromatic nitrogens is 1. The van der Waals surface area contributed by atoms with Gasteiger partial charge >= 0.3 is 0 Å². The lowest BCUT2D eigenvalue weighted by atomic mass is 10.1. The molecule has 2 aliphatic rings. The van der Waals surface area contributed by atoms with E-state index in [4.69, 9.17) is 11.6 Å². The van der Waals surface area contributed by atoms with E-state index in [-0.39, 0.29) is 40.9 Å². The molecule has 0 N–H and O–H groups in total. The smallest absolute Gasteiger partial charge is 0.227 e. The SMILES string of the molecule is CC(=O)N1CCC2CCC(CN(C(=O)Cc3c(F)cccc3Cl)Cc3ccccc31)N2Cc1ccncc1. The maximum absolute atomic E-state index is 14.6. The van der Waals surface area contributed by atoms with Gasteiger partial charge in [0.25, 0.3) is 0 Å². The summed E-state index contributed by atoms with van der Waals surface area (Å²) in [4.78, 5) is 36.8. The van der Waals surface area contributed by atoms with Crippen molar-refractivity contribution in [2.24, 2.45) is 0 Å². The van der Waals surface area contributed by atoms with E-state index in [1.807, 2.05) is 46.2 Å². The van der Waals surface area contributed by atoms with Crippen LogP contribution in [-0.2, 0) is 29.1 Å². The zero-order valence-corrected chi connectivity index (χ0v) is 22.3. The van der Waals surface area contributed by atoms with Gasteiger partial charge in [-0.2, -0.15) is 0 Å². The standard InChI is InChI=1S/C30H32ClFN4O2/c1-21(37)35-16-13-24-9-10-25(36(24)18-22-11-14-33-15-12-22)20-34(19-23-5-2-3-8-29(23)35)30(38)17-26-27(31)6-4-7-28(26)32/h2-8,11-12,14-15,24-25H,9-10,13,16-20H2,1H3. The van der Waals surface area contributed by atoms with Crippen LogP contribution in [-0.4, -0.2) is 51.8 Å². The fourth-order valence-electron chi connectivity index (χ4n) is 5.79. The van der Waals surface area contributed by atoms with Gasteiger partial charge in [-0.15, -0.1) is 0 Å². The Hall–Kier alpha value is -3.29. The van der Waals surface area contributed by atoms with E-state index in [0.29, 0.717) is 19.6 Å². The van der Waals surface area contributed by atoms with Crippen molar-refractivity contribution in [2.45, 2.75) is 57.8 Å². The number of hydrogen-bond donors (Lipinski definition) is 0. The van der Waals surface area contributed by atoms with Crippen LogP contribution in [0.25, 0.3) is 0 Å². The molecule has 2 amide bonds. The molecule has 0 radical (unpaired) electrons. The normalized spacial score (nSPS) is 20.1. The average Bonchev–Trinajstić information content (AvgIpc) is 3.26. The van der Waals surface area contributed by atoms with Crippen molar-refractivity contribution in [1.29, 1.82) is 0 Å². The number of nitrogens with zero attached hydrogens (tertiary/aromatic N) is 4. The second-order valence-electron chi connectivity index (χ2n) is 10.2. The minimum atomic E-state index is -0.480. The Morgan fingerprint density at radius 3 is 2.53 bits per heavy atom. The van der Waals surface area contributed by atoms with Crippen LogP contribution in [0.2, 0.25) is 5.02 Å². The van der Waals surface area contributed by atoms with E-state index < -0.39 is 5.82 Å². The molecule has 1 saturated heterocycles. The highest BCUT2D eigenvalue weighted by Crippen LogP contribution is 2.33. The molecule has 0 aliphatic carbocycles. The monoisotopic (exact) mass is 534 g/mol. The summed E-state index contributed by atoms with van der Waals surface area (Å²) in [6.45, 7) is 3.78. The van der Waals surface area contributed by atoms with E-state index in [0.717, 1.165) is 42.6 Å². The quantitative estimate of drug-likeness (QED) is 0.459. The van der Waals surface area contributed by atoms with E-state index in [2.05, 4.69) is 9.88 Å². The number of anilines is 1. The predicted molar refractivity (Wildman–Crippen MR) is 146 cm³/mol. The summed E-state index contributed by atoms with van der Waals surface area (Å²) in [7, 11) is 0. The van der Waals surface area contributed by atoms with Crippen LogP contribution in [0.15, 0.2) is 67.0 Å². The number of fused-ring (bicyclic) bond motifs is 3. The maximum atomic E-state index is 14.6. The Bertz CT molecular complexity index is 1280. The van der Waals surface area contributed by atoms with Crippen LogP contribution >= 0.6 is 11.6 Å². The highest BCUT2D eigenvalue weighted by molar-refractivity contribution is 6.31. The molecule has 0 saturated carbocycles. The summed E-state index contributed by atoms with van der Waals surface area (Å²) < 4.78 is 14.6. The lowest BCUT2D eigenvalue weighted by Crippen LogP contribution is -2.45. The van der Waals surface area contributed by atoms with Gasteiger partial charge in [0.2, 0.25) is 11.8 Å². The number of para-hydroxylation sites is 1. The zero-order valence-electron chi connectivity index (χ0n) is 21.5. The summed E-state index contributed by atoms with van der Waals surface area (Å²) in [6, 6.07) is 16.7. The molecule has 2 atom stereocenters. The van der Waals surface area contributed by atoms with E-state index in [9.17, 15) is 14.0 Å². The number of halogens is 2. The van der Waals surface area contributed by atoms with Crippen molar-refractivity contribution in [2.75, 3.05) is 18.0 Å². The Morgan fingerprint density at radius 2 is 1.76 bits per heavy atom. The third-order valence-corrected chi connectivity index (χ3v) is 8.12. The van der Waals surface area contributed by atoms with Crippen molar-refractivity contribution < 1.29 is 14.0 Å². The van der Waals surface area contributed by atoms with Crippen molar-refractivity contribution in [3.63, 3.8) is 0 Å². The van der Waals surface area contributed by atoms with E-state index >= 15 is 0 Å². The average molecular weight is 535 g/mol. The molecule has 6 nitrogen and oxygen atoms in total. The third-order valence-electron chi connectivity index (χ3n) is 7.77. The number of rotatable bonds is 4. The molecule has 38 heavy (non-hydrogen) atoms. The van der Waals surface area contributed by atoms with E-state index in [1.54, 1.807) is 31.5 Å². The summed E-state index contributed by atoms with van der Waals surface area (Å²) in [5, 5.41) is 0.250. The van der Waals surface area contributed by atoms with Gasteiger partial charge in [0.1, 0.15) is 5.82 Å². The number of amides is 2. The molecular formula is C30H32ClFN4O2. The van der Waals surface area contributed by atoms with Gasteiger partial charge in [0.05, 0.1) is 6.42 Å². The van der Waals surface area contributed by atoms with Gasteiger partial charge in [-0.25, -0.2) is 4.39 Å². The van der Waals surface area contributed by atoms with Crippen molar-refractivity contribution >= 4 is 29.1 Å². The molecule has 198 valence electrons.